The summed E-state index contributed by atoms with van der Waals surface area (Å²) >= 11 is 0. The minimum atomic E-state index is -0.383. The van der Waals surface area contributed by atoms with Crippen LogP contribution in [0.15, 0.2) is 42.9 Å². The van der Waals surface area contributed by atoms with Gasteiger partial charge in [-0.1, -0.05) is 0 Å². The van der Waals surface area contributed by atoms with E-state index >= 15 is 0 Å². The summed E-state index contributed by atoms with van der Waals surface area (Å²) in [6, 6.07) is 8.38. The van der Waals surface area contributed by atoms with E-state index in [0.29, 0.717) is 56.4 Å². The number of anilines is 1. The van der Waals surface area contributed by atoms with Gasteiger partial charge in [0.1, 0.15) is 17.7 Å². The number of alkyl carbamates (subject to hydrolysis) is 1. The van der Waals surface area contributed by atoms with Crippen LogP contribution in [0, 0.1) is 18.8 Å². The number of rotatable bonds is 10. The molecule has 45 heavy (non-hydrogen) atoms. The molecule has 10 heteroatoms. The molecule has 2 fully saturated rings. The van der Waals surface area contributed by atoms with E-state index in [1.54, 1.807) is 13.3 Å². The molecule has 0 saturated heterocycles. The number of ether oxygens (including phenoxy) is 2. The van der Waals surface area contributed by atoms with Crippen molar-refractivity contribution in [1.82, 2.24) is 25.1 Å². The Hall–Kier alpha value is -3.95. The molecule has 1 N–H and O–H groups in total. The zero-order valence-corrected chi connectivity index (χ0v) is 27.4. The maximum atomic E-state index is 14.3. The van der Waals surface area contributed by atoms with E-state index in [-0.39, 0.29) is 30.1 Å². The number of hydrogen-bond donors (Lipinski definition) is 1. The van der Waals surface area contributed by atoms with Gasteiger partial charge in [-0.25, -0.2) is 9.78 Å². The summed E-state index contributed by atoms with van der Waals surface area (Å²) in [7, 11) is 1.68. The lowest BCUT2D eigenvalue weighted by Crippen LogP contribution is -2.42. The van der Waals surface area contributed by atoms with Crippen molar-refractivity contribution in [1.29, 1.82) is 0 Å². The SMILES string of the molecule is CCNC(=O)O[C@H]1CC[C@H](C(=O)N(C[C@H]2CC[C@H](c3ccc(OC)c(C)n3)CC2)c2cc(-c3cnn(C(C)C)c3)ccn2)CC1. The first kappa shape index (κ1) is 32.4. The molecular formula is C35H48N6O4. The molecule has 3 heterocycles. The second-order valence-electron chi connectivity index (χ2n) is 12.8. The summed E-state index contributed by atoms with van der Waals surface area (Å²) in [6.45, 7) is 9.24. The number of nitrogens with one attached hydrogen (secondary N) is 1. The van der Waals surface area contributed by atoms with E-state index in [0.717, 1.165) is 53.9 Å². The van der Waals surface area contributed by atoms with Crippen LogP contribution in [0.1, 0.15) is 95.5 Å². The van der Waals surface area contributed by atoms with Gasteiger partial charge in [0.25, 0.3) is 0 Å². The highest BCUT2D eigenvalue weighted by atomic mass is 16.6. The highest BCUT2D eigenvalue weighted by molar-refractivity contribution is 5.94. The molecule has 0 aromatic carbocycles. The highest BCUT2D eigenvalue weighted by Crippen LogP contribution is 2.38. The maximum absolute atomic E-state index is 14.3. The van der Waals surface area contributed by atoms with Crippen LogP contribution in [0.3, 0.4) is 0 Å². The molecule has 0 atom stereocenters. The van der Waals surface area contributed by atoms with Crippen LogP contribution in [0.25, 0.3) is 11.1 Å². The number of hydrogen-bond acceptors (Lipinski definition) is 7. The minimum Gasteiger partial charge on any atom is -0.495 e. The van der Waals surface area contributed by atoms with Gasteiger partial charge in [-0.15, -0.1) is 0 Å². The van der Waals surface area contributed by atoms with Crippen molar-refractivity contribution in [2.24, 2.45) is 11.8 Å². The van der Waals surface area contributed by atoms with Gasteiger partial charge in [0.05, 0.1) is 19.0 Å². The zero-order valence-electron chi connectivity index (χ0n) is 27.4. The number of aryl methyl sites for hydroxylation is 1. The van der Waals surface area contributed by atoms with Gasteiger partial charge >= 0.3 is 6.09 Å². The first-order chi connectivity index (χ1) is 21.7. The number of pyridine rings is 2. The van der Waals surface area contributed by atoms with E-state index < -0.39 is 0 Å². The molecule has 2 amide bonds. The highest BCUT2D eigenvalue weighted by Gasteiger charge is 2.34. The average Bonchev–Trinajstić information content (AvgIpc) is 3.55. The van der Waals surface area contributed by atoms with Gasteiger partial charge in [-0.3, -0.25) is 19.4 Å². The van der Waals surface area contributed by atoms with Crippen LogP contribution in [0.2, 0.25) is 0 Å². The number of carbonyl (C=O) groups excluding carboxylic acids is 2. The topological polar surface area (TPSA) is 111 Å². The van der Waals surface area contributed by atoms with E-state index in [2.05, 4.69) is 30.3 Å². The number of carbonyl (C=O) groups is 2. The predicted octanol–water partition coefficient (Wildman–Crippen LogP) is 6.85. The molecule has 0 aliphatic heterocycles. The van der Waals surface area contributed by atoms with Crippen molar-refractivity contribution in [3.8, 4) is 16.9 Å². The molecule has 5 rings (SSSR count). The van der Waals surface area contributed by atoms with Gasteiger partial charge in [0.15, 0.2) is 0 Å². The Kier molecular flexibility index (Phi) is 10.7. The molecular weight excluding hydrogens is 568 g/mol. The zero-order chi connectivity index (χ0) is 31.9. The summed E-state index contributed by atoms with van der Waals surface area (Å²) in [4.78, 5) is 37.7. The Morgan fingerprint density at radius 2 is 1.80 bits per heavy atom. The Bertz CT molecular complexity index is 1440. The van der Waals surface area contributed by atoms with Crippen LogP contribution < -0.4 is 15.0 Å². The van der Waals surface area contributed by atoms with Crippen molar-refractivity contribution >= 4 is 17.8 Å². The summed E-state index contributed by atoms with van der Waals surface area (Å²) in [5, 5.41) is 7.22. The maximum Gasteiger partial charge on any atom is 0.407 e. The van der Waals surface area contributed by atoms with Crippen molar-refractivity contribution in [2.45, 2.75) is 97.1 Å². The summed E-state index contributed by atoms with van der Waals surface area (Å²) < 4.78 is 12.9. The monoisotopic (exact) mass is 616 g/mol. The molecule has 242 valence electrons. The molecule has 3 aromatic heterocycles. The molecule has 10 nitrogen and oxygen atoms in total. The van der Waals surface area contributed by atoms with Gasteiger partial charge in [0.2, 0.25) is 5.91 Å². The molecule has 0 radical (unpaired) electrons. The molecule has 0 spiro atoms. The fourth-order valence-corrected chi connectivity index (χ4v) is 6.71. The van der Waals surface area contributed by atoms with Gasteiger partial charge in [0, 0.05) is 54.6 Å². The van der Waals surface area contributed by atoms with Crippen molar-refractivity contribution in [3.63, 3.8) is 0 Å². The lowest BCUT2D eigenvalue weighted by molar-refractivity contribution is -0.124. The summed E-state index contributed by atoms with van der Waals surface area (Å²) in [5.41, 5.74) is 4.05. The quantitative estimate of drug-likeness (QED) is 0.265. The Labute approximate surface area is 266 Å². The minimum absolute atomic E-state index is 0.114. The molecule has 0 unspecified atom stereocenters. The fourth-order valence-electron chi connectivity index (χ4n) is 6.71. The second-order valence-corrected chi connectivity index (χ2v) is 12.8. The molecule has 0 bridgehead atoms. The number of nitrogens with zero attached hydrogens (tertiary/aromatic N) is 5. The van der Waals surface area contributed by atoms with Gasteiger partial charge < -0.3 is 14.8 Å². The van der Waals surface area contributed by atoms with E-state index in [4.69, 9.17) is 19.4 Å². The first-order valence-electron chi connectivity index (χ1n) is 16.5. The molecule has 2 saturated carbocycles. The van der Waals surface area contributed by atoms with Gasteiger partial charge in [-0.05, 0) is 115 Å². The third-order valence-corrected chi connectivity index (χ3v) is 9.35. The van der Waals surface area contributed by atoms with Crippen LogP contribution in [-0.4, -0.2) is 58.1 Å². The third kappa shape index (κ3) is 8.02. The van der Waals surface area contributed by atoms with Crippen LogP contribution in [-0.2, 0) is 9.53 Å². The van der Waals surface area contributed by atoms with Crippen LogP contribution in [0.4, 0.5) is 10.6 Å². The lowest BCUT2D eigenvalue weighted by Gasteiger charge is -2.35. The van der Waals surface area contributed by atoms with Crippen molar-refractivity contribution in [3.05, 3.63) is 54.2 Å². The van der Waals surface area contributed by atoms with E-state index in [9.17, 15) is 9.59 Å². The molecule has 2 aliphatic carbocycles. The van der Waals surface area contributed by atoms with E-state index in [1.165, 1.54) is 0 Å². The standard InChI is InChI=1S/C35H48N6O4/c1-6-36-35(43)45-30-13-11-27(12-14-30)34(42)40(33-19-28(17-18-37-33)29-20-38-41(22-29)23(2)3)21-25-7-9-26(10-8-25)31-15-16-32(44-5)24(4)39-31/h15-20,22-23,25-27,30H,6-14,21H2,1-5H3,(H,36,43)/t25-,26-,27-,30-. The van der Waals surface area contributed by atoms with E-state index in [1.807, 2.05) is 54.0 Å². The molecule has 2 aliphatic rings. The largest absolute Gasteiger partial charge is 0.495 e. The third-order valence-electron chi connectivity index (χ3n) is 9.35. The number of methoxy groups -OCH3 is 1. The van der Waals surface area contributed by atoms with Gasteiger partial charge in [-0.2, -0.15) is 5.10 Å². The molecule has 3 aromatic rings. The fraction of sp³-hybridized carbons (Fsp3) is 0.571. The Morgan fingerprint density at radius 3 is 2.44 bits per heavy atom. The summed E-state index contributed by atoms with van der Waals surface area (Å²) in [6.07, 6.45) is 12.0. The Morgan fingerprint density at radius 1 is 1.04 bits per heavy atom. The smallest absolute Gasteiger partial charge is 0.407 e. The van der Waals surface area contributed by atoms with Crippen LogP contribution >= 0.6 is 0 Å². The first-order valence-corrected chi connectivity index (χ1v) is 16.5. The average molecular weight is 617 g/mol. The number of amides is 2. The Balaban J connectivity index is 1.31. The van der Waals surface area contributed by atoms with Crippen LogP contribution in [0.5, 0.6) is 5.75 Å². The number of aromatic nitrogens is 4. The normalized spacial score (nSPS) is 21.7. The predicted molar refractivity (Wildman–Crippen MR) is 174 cm³/mol. The summed E-state index contributed by atoms with van der Waals surface area (Å²) in [5.74, 6) is 2.27. The van der Waals surface area contributed by atoms with Crippen molar-refractivity contribution in [2.75, 3.05) is 25.1 Å². The van der Waals surface area contributed by atoms with Crippen molar-refractivity contribution < 1.29 is 19.1 Å². The second kappa shape index (κ2) is 14.9. The lowest BCUT2D eigenvalue weighted by atomic mass is 9.79.